The van der Waals surface area contributed by atoms with Crippen LogP contribution in [0.25, 0.3) is 10.9 Å². The molecule has 7 nitrogen and oxygen atoms in total. The highest BCUT2D eigenvalue weighted by molar-refractivity contribution is 5.90. The molecule has 0 bridgehead atoms. The monoisotopic (exact) mass is 419 g/mol. The van der Waals surface area contributed by atoms with Gasteiger partial charge in [0.15, 0.2) is 0 Å². The van der Waals surface area contributed by atoms with E-state index in [1.165, 1.54) is 18.3 Å². The molecule has 0 atom stereocenters. The molecule has 0 saturated carbocycles. The Balaban J connectivity index is 1.70. The normalized spacial score (nSPS) is 15.5. The quantitative estimate of drug-likeness (QED) is 0.601. The number of aliphatic hydroxyl groups excluding tert-OH is 1. The van der Waals surface area contributed by atoms with Crippen molar-refractivity contribution in [3.05, 3.63) is 52.4 Å². The van der Waals surface area contributed by atoms with Crippen LogP contribution in [0.4, 0.5) is 30.6 Å². The number of pyridine rings is 1. The summed E-state index contributed by atoms with van der Waals surface area (Å²) in [6.07, 6.45) is -1.34. The maximum Gasteiger partial charge on any atom is 0.416 e. The number of H-pyrrole nitrogens is 1. The van der Waals surface area contributed by atoms with E-state index in [9.17, 15) is 23.1 Å². The molecule has 0 spiro atoms. The summed E-state index contributed by atoms with van der Waals surface area (Å²) in [5, 5.41) is 12.5. The summed E-state index contributed by atoms with van der Waals surface area (Å²) in [4.78, 5) is 25.9. The second kappa shape index (κ2) is 7.94. The Kier molecular flexibility index (Phi) is 5.33. The van der Waals surface area contributed by atoms with Gasteiger partial charge in [0.2, 0.25) is 5.95 Å². The molecule has 1 fully saturated rings. The highest BCUT2D eigenvalue weighted by atomic mass is 19.4. The molecule has 30 heavy (non-hydrogen) atoms. The van der Waals surface area contributed by atoms with Gasteiger partial charge in [-0.05, 0) is 49.1 Å². The fraction of sp³-hybridized carbons (Fsp3) is 0.350. The van der Waals surface area contributed by atoms with Crippen molar-refractivity contribution >= 4 is 28.4 Å². The number of piperidine rings is 1. The number of hydrogen-bond donors (Lipinski definition) is 3. The van der Waals surface area contributed by atoms with Crippen LogP contribution in [0.3, 0.4) is 0 Å². The van der Waals surface area contributed by atoms with Crippen molar-refractivity contribution in [1.82, 2.24) is 15.0 Å². The molecule has 0 amide bonds. The number of aromatic nitrogens is 3. The first-order valence-corrected chi connectivity index (χ1v) is 9.54. The van der Waals surface area contributed by atoms with Gasteiger partial charge in [0, 0.05) is 31.6 Å². The number of nitrogens with one attached hydrogen (secondary N) is 2. The number of halogens is 3. The van der Waals surface area contributed by atoms with Gasteiger partial charge in [-0.25, -0.2) is 4.98 Å². The Morgan fingerprint density at radius 1 is 1.13 bits per heavy atom. The lowest BCUT2D eigenvalue weighted by Crippen LogP contribution is -2.36. The second-order valence-corrected chi connectivity index (χ2v) is 7.25. The van der Waals surface area contributed by atoms with E-state index in [1.54, 1.807) is 6.07 Å². The molecule has 1 aliphatic rings. The average molecular weight is 419 g/mol. The van der Waals surface area contributed by atoms with Gasteiger partial charge in [0.1, 0.15) is 11.2 Å². The van der Waals surface area contributed by atoms with Crippen LogP contribution in [0, 0.1) is 5.92 Å². The third kappa shape index (κ3) is 4.09. The fourth-order valence-corrected chi connectivity index (χ4v) is 3.51. The first-order chi connectivity index (χ1) is 14.3. The summed E-state index contributed by atoms with van der Waals surface area (Å²) in [5.74, 6) is 0.897. The molecule has 158 valence electrons. The molecule has 4 rings (SSSR count). The molecular weight excluding hydrogens is 399 g/mol. The van der Waals surface area contributed by atoms with Crippen molar-refractivity contribution in [3.63, 3.8) is 0 Å². The number of nitrogens with zero attached hydrogens (tertiary/aromatic N) is 3. The highest BCUT2D eigenvalue weighted by Crippen LogP contribution is 2.31. The van der Waals surface area contributed by atoms with Crippen molar-refractivity contribution < 1.29 is 18.3 Å². The largest absolute Gasteiger partial charge is 0.416 e. The molecule has 1 aromatic carbocycles. The van der Waals surface area contributed by atoms with Gasteiger partial charge in [0.25, 0.3) is 5.56 Å². The third-order valence-electron chi connectivity index (χ3n) is 5.24. The summed E-state index contributed by atoms with van der Waals surface area (Å²) >= 11 is 0. The van der Waals surface area contributed by atoms with E-state index < -0.39 is 17.3 Å². The van der Waals surface area contributed by atoms with Crippen molar-refractivity contribution in [3.8, 4) is 0 Å². The lowest BCUT2D eigenvalue weighted by atomic mass is 9.98. The molecule has 1 aliphatic heterocycles. The van der Waals surface area contributed by atoms with E-state index in [0.29, 0.717) is 30.2 Å². The van der Waals surface area contributed by atoms with Gasteiger partial charge in [-0.15, -0.1) is 0 Å². The highest BCUT2D eigenvalue weighted by Gasteiger charge is 2.30. The summed E-state index contributed by atoms with van der Waals surface area (Å²) < 4.78 is 38.4. The molecule has 3 heterocycles. The van der Waals surface area contributed by atoms with Crippen LogP contribution < -0.4 is 15.8 Å². The number of benzene rings is 1. The number of fused-ring (bicyclic) bond motifs is 1. The predicted molar refractivity (Wildman–Crippen MR) is 107 cm³/mol. The molecular formula is C20H20F3N5O2. The molecule has 3 N–H and O–H groups in total. The summed E-state index contributed by atoms with van der Waals surface area (Å²) in [6.45, 7) is 1.47. The summed E-state index contributed by atoms with van der Waals surface area (Å²) in [6, 6.07) is 6.17. The van der Waals surface area contributed by atoms with Crippen molar-refractivity contribution in [2.45, 2.75) is 19.0 Å². The molecule has 3 aromatic rings. The Hall–Kier alpha value is -3.14. The lowest BCUT2D eigenvalue weighted by Gasteiger charge is -2.31. The molecule has 0 aliphatic carbocycles. The minimum absolute atomic E-state index is 0.141. The van der Waals surface area contributed by atoms with Gasteiger partial charge in [0.05, 0.1) is 11.1 Å². The second-order valence-electron chi connectivity index (χ2n) is 7.25. The average Bonchev–Trinajstić information content (AvgIpc) is 2.73. The van der Waals surface area contributed by atoms with Crippen LogP contribution in [0.15, 0.2) is 41.3 Å². The minimum atomic E-state index is -4.43. The van der Waals surface area contributed by atoms with Crippen LogP contribution in [0.1, 0.15) is 18.4 Å². The third-order valence-corrected chi connectivity index (χ3v) is 5.24. The maximum atomic E-state index is 12.8. The van der Waals surface area contributed by atoms with Gasteiger partial charge < -0.3 is 20.3 Å². The first kappa shape index (κ1) is 20.1. The van der Waals surface area contributed by atoms with Gasteiger partial charge >= 0.3 is 6.18 Å². The number of rotatable bonds is 4. The molecule has 0 unspecified atom stereocenters. The first-order valence-electron chi connectivity index (χ1n) is 9.54. The fourth-order valence-electron chi connectivity index (χ4n) is 3.51. The SMILES string of the molecule is O=c1[nH]ccc2nc(N3CCC(CO)CC3)nc(Nc3ccc(C(F)(F)F)cc3)c12. The summed E-state index contributed by atoms with van der Waals surface area (Å²) in [7, 11) is 0. The van der Waals surface area contributed by atoms with Crippen molar-refractivity contribution in [2.75, 3.05) is 29.9 Å². The predicted octanol–water partition coefficient (Wildman–Crippen LogP) is 3.29. The van der Waals surface area contributed by atoms with Gasteiger partial charge in [-0.3, -0.25) is 4.79 Å². The van der Waals surface area contributed by atoms with Crippen LogP contribution in [-0.4, -0.2) is 39.8 Å². The lowest BCUT2D eigenvalue weighted by molar-refractivity contribution is -0.137. The summed E-state index contributed by atoms with van der Waals surface area (Å²) in [5.41, 5.74) is -0.350. The smallest absolute Gasteiger partial charge is 0.396 e. The van der Waals surface area contributed by atoms with Gasteiger partial charge in [-0.2, -0.15) is 18.2 Å². The van der Waals surface area contributed by atoms with E-state index in [-0.39, 0.29) is 23.7 Å². The standard InChI is InChI=1S/C20H20F3N5O2/c21-20(22,23)13-1-3-14(4-2-13)25-17-16-15(5-8-24-18(16)30)26-19(27-17)28-9-6-12(11-29)7-10-28/h1-5,8,12,29H,6-7,9-11H2,(H,24,30)(H,25,26,27). The van der Waals surface area contributed by atoms with Crippen molar-refractivity contribution in [2.24, 2.45) is 5.92 Å². The number of alkyl halides is 3. The van der Waals surface area contributed by atoms with E-state index >= 15 is 0 Å². The molecule has 2 aromatic heterocycles. The number of hydrogen-bond acceptors (Lipinski definition) is 6. The Morgan fingerprint density at radius 3 is 2.47 bits per heavy atom. The zero-order valence-corrected chi connectivity index (χ0v) is 15.9. The van der Waals surface area contributed by atoms with Crippen LogP contribution >= 0.6 is 0 Å². The van der Waals surface area contributed by atoms with Crippen LogP contribution in [0.2, 0.25) is 0 Å². The Labute approximate surface area is 169 Å². The van der Waals surface area contributed by atoms with E-state index in [1.807, 2.05) is 4.90 Å². The Bertz CT molecular complexity index is 1090. The van der Waals surface area contributed by atoms with Crippen molar-refractivity contribution in [1.29, 1.82) is 0 Å². The molecule has 1 saturated heterocycles. The number of anilines is 3. The number of aliphatic hydroxyl groups is 1. The molecule has 0 radical (unpaired) electrons. The number of aromatic amines is 1. The van der Waals surface area contributed by atoms with Gasteiger partial charge in [-0.1, -0.05) is 0 Å². The van der Waals surface area contributed by atoms with E-state index in [0.717, 1.165) is 25.0 Å². The van der Waals surface area contributed by atoms with E-state index in [2.05, 4.69) is 20.3 Å². The molecule has 10 heteroatoms. The van der Waals surface area contributed by atoms with E-state index in [4.69, 9.17) is 0 Å². The Morgan fingerprint density at radius 2 is 1.83 bits per heavy atom. The van der Waals surface area contributed by atoms with Crippen LogP contribution in [-0.2, 0) is 6.18 Å². The zero-order valence-electron chi connectivity index (χ0n) is 15.9. The topological polar surface area (TPSA) is 94.1 Å². The maximum absolute atomic E-state index is 12.8. The van der Waals surface area contributed by atoms with Crippen LogP contribution in [0.5, 0.6) is 0 Å². The zero-order chi connectivity index (χ0) is 21.3. The minimum Gasteiger partial charge on any atom is -0.396 e.